The Balaban J connectivity index is 2.02. The van der Waals surface area contributed by atoms with Gasteiger partial charge in [-0.2, -0.15) is 0 Å². The van der Waals surface area contributed by atoms with Crippen LogP contribution in [0.2, 0.25) is 0 Å². The first-order valence-corrected chi connectivity index (χ1v) is 8.98. The lowest BCUT2D eigenvalue weighted by atomic mass is 9.93. The Bertz CT molecular complexity index is 819. The number of piperidine rings is 1. The van der Waals surface area contributed by atoms with Gasteiger partial charge in [-0.3, -0.25) is 9.59 Å². The minimum absolute atomic E-state index is 0.0476. The molecule has 1 N–H and O–H groups in total. The van der Waals surface area contributed by atoms with E-state index in [-0.39, 0.29) is 30.9 Å². The highest BCUT2D eigenvalue weighted by Gasteiger charge is 2.35. The largest absolute Gasteiger partial charge is 0.481 e. The lowest BCUT2D eigenvalue weighted by molar-refractivity contribution is -0.143. The second kappa shape index (κ2) is 7.09. The molecular weight excluding hydrogens is 345 g/mol. The van der Waals surface area contributed by atoms with E-state index in [4.69, 9.17) is 4.74 Å². The lowest BCUT2D eigenvalue weighted by Crippen LogP contribution is -2.47. The van der Waals surface area contributed by atoms with E-state index in [0.717, 1.165) is 0 Å². The Morgan fingerprint density at radius 2 is 2.16 bits per heavy atom. The Hall–Kier alpha value is -1.99. The van der Waals surface area contributed by atoms with Gasteiger partial charge in [-0.25, -0.2) is 4.39 Å². The van der Waals surface area contributed by atoms with E-state index < -0.39 is 11.9 Å². The SMILES string of the molecule is COCc1c(C(=O)N2CC(C(=O)O)CCC2C)sc2cccc(F)c12. The third kappa shape index (κ3) is 3.26. The number of fused-ring (bicyclic) bond motifs is 1. The monoisotopic (exact) mass is 365 g/mol. The van der Waals surface area contributed by atoms with E-state index in [9.17, 15) is 19.1 Å². The molecule has 25 heavy (non-hydrogen) atoms. The lowest BCUT2D eigenvalue weighted by Gasteiger charge is -2.36. The minimum atomic E-state index is -0.885. The molecule has 0 radical (unpaired) electrons. The molecular formula is C18H20FNO4S. The van der Waals surface area contributed by atoms with Gasteiger partial charge in [0.15, 0.2) is 0 Å². The van der Waals surface area contributed by atoms with Crippen LogP contribution < -0.4 is 0 Å². The molecule has 7 heteroatoms. The fourth-order valence-electron chi connectivity index (χ4n) is 3.34. The van der Waals surface area contributed by atoms with Crippen LogP contribution in [0, 0.1) is 11.7 Å². The van der Waals surface area contributed by atoms with Crippen molar-refractivity contribution in [3.8, 4) is 0 Å². The summed E-state index contributed by atoms with van der Waals surface area (Å²) in [6.45, 7) is 2.23. The quantitative estimate of drug-likeness (QED) is 0.900. The van der Waals surface area contributed by atoms with Crippen molar-refractivity contribution in [2.24, 2.45) is 5.92 Å². The zero-order valence-corrected chi connectivity index (χ0v) is 14.9. The van der Waals surface area contributed by atoms with Crippen molar-refractivity contribution >= 4 is 33.3 Å². The van der Waals surface area contributed by atoms with Crippen LogP contribution in [0.5, 0.6) is 0 Å². The molecule has 3 rings (SSSR count). The van der Waals surface area contributed by atoms with Gasteiger partial charge in [-0.1, -0.05) is 6.07 Å². The maximum absolute atomic E-state index is 14.3. The Morgan fingerprint density at radius 1 is 1.40 bits per heavy atom. The molecule has 2 atom stereocenters. The van der Waals surface area contributed by atoms with Crippen LogP contribution in [0.4, 0.5) is 4.39 Å². The number of nitrogens with zero attached hydrogens (tertiary/aromatic N) is 1. The summed E-state index contributed by atoms with van der Waals surface area (Å²) in [5.74, 6) is -2.07. The van der Waals surface area contributed by atoms with Gasteiger partial charge in [0.2, 0.25) is 0 Å². The summed E-state index contributed by atoms with van der Waals surface area (Å²) >= 11 is 1.23. The number of carbonyl (C=O) groups excluding carboxylic acids is 1. The van der Waals surface area contributed by atoms with Crippen LogP contribution in [0.3, 0.4) is 0 Å². The number of carboxylic acid groups (broad SMARTS) is 1. The predicted molar refractivity (Wildman–Crippen MR) is 93.4 cm³/mol. The molecule has 1 saturated heterocycles. The third-order valence-electron chi connectivity index (χ3n) is 4.74. The number of likely N-dealkylation sites (tertiary alicyclic amines) is 1. The van der Waals surface area contributed by atoms with E-state index in [0.29, 0.717) is 33.4 Å². The van der Waals surface area contributed by atoms with Gasteiger partial charge in [0.05, 0.1) is 17.4 Å². The van der Waals surface area contributed by atoms with Crippen molar-refractivity contribution in [1.82, 2.24) is 4.90 Å². The molecule has 2 unspecified atom stereocenters. The first-order valence-electron chi connectivity index (χ1n) is 8.16. The Morgan fingerprint density at radius 3 is 2.84 bits per heavy atom. The molecule has 1 amide bonds. The van der Waals surface area contributed by atoms with Crippen LogP contribution in [0.1, 0.15) is 35.0 Å². The number of rotatable bonds is 4. The van der Waals surface area contributed by atoms with Gasteiger partial charge in [-0.05, 0) is 31.9 Å². The molecule has 0 saturated carbocycles. The number of methoxy groups -OCH3 is 1. The molecule has 2 heterocycles. The van der Waals surface area contributed by atoms with Gasteiger partial charge in [-0.15, -0.1) is 11.3 Å². The average molecular weight is 365 g/mol. The van der Waals surface area contributed by atoms with E-state index in [1.54, 1.807) is 17.0 Å². The molecule has 1 aromatic heterocycles. The van der Waals surface area contributed by atoms with E-state index >= 15 is 0 Å². The molecule has 1 aromatic carbocycles. The molecule has 0 bridgehead atoms. The molecule has 1 aliphatic rings. The maximum Gasteiger partial charge on any atom is 0.308 e. The molecule has 2 aromatic rings. The second-order valence-electron chi connectivity index (χ2n) is 6.37. The summed E-state index contributed by atoms with van der Waals surface area (Å²) in [6.07, 6.45) is 1.20. The number of hydrogen-bond donors (Lipinski definition) is 1. The summed E-state index contributed by atoms with van der Waals surface area (Å²) in [5, 5.41) is 9.69. The summed E-state index contributed by atoms with van der Waals surface area (Å²) in [5.41, 5.74) is 0.537. The summed E-state index contributed by atoms with van der Waals surface area (Å²) in [4.78, 5) is 26.5. The number of carboxylic acids is 1. The molecule has 1 fully saturated rings. The van der Waals surface area contributed by atoms with E-state index in [1.807, 2.05) is 6.92 Å². The molecule has 0 aliphatic carbocycles. The van der Waals surface area contributed by atoms with Gasteiger partial charge in [0.25, 0.3) is 5.91 Å². The van der Waals surface area contributed by atoms with Crippen molar-refractivity contribution in [3.63, 3.8) is 0 Å². The maximum atomic E-state index is 14.3. The summed E-state index contributed by atoms with van der Waals surface area (Å²) in [7, 11) is 1.50. The van der Waals surface area contributed by atoms with Crippen molar-refractivity contribution in [2.75, 3.05) is 13.7 Å². The van der Waals surface area contributed by atoms with Crippen LogP contribution >= 0.6 is 11.3 Å². The van der Waals surface area contributed by atoms with Crippen molar-refractivity contribution in [1.29, 1.82) is 0 Å². The third-order valence-corrected chi connectivity index (χ3v) is 5.92. The van der Waals surface area contributed by atoms with Crippen molar-refractivity contribution in [3.05, 3.63) is 34.5 Å². The predicted octanol–water partition coefficient (Wildman–Crippen LogP) is 3.51. The number of aliphatic carboxylic acids is 1. The zero-order valence-electron chi connectivity index (χ0n) is 14.1. The second-order valence-corrected chi connectivity index (χ2v) is 7.43. The fraction of sp³-hybridized carbons (Fsp3) is 0.444. The Labute approximate surface area is 149 Å². The standard InChI is InChI=1S/C18H20FNO4S/c1-10-6-7-11(18(22)23)8-20(10)17(21)16-12(9-24-2)15-13(19)4-3-5-14(15)25-16/h3-5,10-11H,6-9H2,1-2H3,(H,22,23). The van der Waals surface area contributed by atoms with E-state index in [2.05, 4.69) is 0 Å². The number of benzene rings is 1. The molecule has 1 aliphatic heterocycles. The highest BCUT2D eigenvalue weighted by Crippen LogP contribution is 2.36. The number of ether oxygens (including phenoxy) is 1. The first-order chi connectivity index (χ1) is 11.9. The Kier molecular flexibility index (Phi) is 5.06. The van der Waals surface area contributed by atoms with Crippen molar-refractivity contribution in [2.45, 2.75) is 32.4 Å². The number of halogens is 1. The number of amides is 1. The summed E-state index contributed by atoms with van der Waals surface area (Å²) < 4.78 is 20.2. The van der Waals surface area contributed by atoms with Gasteiger partial charge >= 0.3 is 5.97 Å². The normalized spacial score (nSPS) is 20.8. The average Bonchev–Trinajstić information content (AvgIpc) is 2.95. The van der Waals surface area contributed by atoms with Gasteiger partial charge < -0.3 is 14.7 Å². The highest BCUT2D eigenvalue weighted by atomic mass is 32.1. The fourth-order valence-corrected chi connectivity index (χ4v) is 4.52. The first kappa shape index (κ1) is 17.8. The van der Waals surface area contributed by atoms with Crippen LogP contribution in [0.25, 0.3) is 10.1 Å². The van der Waals surface area contributed by atoms with Crippen LogP contribution in [-0.2, 0) is 16.1 Å². The topological polar surface area (TPSA) is 66.8 Å². The zero-order chi connectivity index (χ0) is 18.1. The van der Waals surface area contributed by atoms with Crippen LogP contribution in [-0.4, -0.2) is 41.6 Å². The van der Waals surface area contributed by atoms with Gasteiger partial charge in [0.1, 0.15) is 5.82 Å². The minimum Gasteiger partial charge on any atom is -0.481 e. The number of hydrogen-bond acceptors (Lipinski definition) is 4. The number of thiophene rings is 1. The summed E-state index contributed by atoms with van der Waals surface area (Å²) in [6, 6.07) is 4.71. The molecule has 134 valence electrons. The van der Waals surface area contributed by atoms with Crippen molar-refractivity contribution < 1.29 is 23.8 Å². The van der Waals surface area contributed by atoms with E-state index in [1.165, 1.54) is 24.5 Å². The van der Waals surface area contributed by atoms with Crippen LogP contribution in [0.15, 0.2) is 18.2 Å². The van der Waals surface area contributed by atoms with Gasteiger partial charge in [0, 0.05) is 35.3 Å². The smallest absolute Gasteiger partial charge is 0.308 e. The number of carbonyl (C=O) groups is 2. The molecule has 0 spiro atoms. The highest BCUT2D eigenvalue weighted by molar-refractivity contribution is 7.21. The molecule has 5 nitrogen and oxygen atoms in total.